The van der Waals surface area contributed by atoms with E-state index < -0.39 is 6.10 Å². The Bertz CT molecular complexity index is 296. The van der Waals surface area contributed by atoms with Gasteiger partial charge in [-0.3, -0.25) is 0 Å². The van der Waals surface area contributed by atoms with Crippen LogP contribution in [0.4, 0.5) is 0 Å². The summed E-state index contributed by atoms with van der Waals surface area (Å²) in [5.41, 5.74) is 6.13. The topological polar surface area (TPSA) is 59.4 Å². The molecule has 1 aromatic rings. The third-order valence-corrected chi connectivity index (χ3v) is 2.56. The van der Waals surface area contributed by atoms with Crippen LogP contribution in [0.5, 0.6) is 0 Å². The minimum atomic E-state index is -0.642. The summed E-state index contributed by atoms with van der Waals surface area (Å²) in [6.45, 7) is 4.03. The molecule has 1 unspecified atom stereocenters. The van der Waals surface area contributed by atoms with Gasteiger partial charge in [-0.15, -0.1) is 0 Å². The molecular formula is C9H14ClNO2. The third kappa shape index (κ3) is 2.05. The maximum atomic E-state index is 9.61. The normalized spacial score (nSPS) is 13.3. The molecule has 13 heavy (non-hydrogen) atoms. The molecule has 1 atom stereocenters. The number of aliphatic hydroxyl groups excluding tert-OH is 1. The van der Waals surface area contributed by atoms with Crippen molar-refractivity contribution in [2.75, 3.05) is 6.54 Å². The molecule has 0 aliphatic rings. The van der Waals surface area contributed by atoms with Gasteiger partial charge in [0.15, 0.2) is 0 Å². The van der Waals surface area contributed by atoms with Gasteiger partial charge < -0.3 is 15.3 Å². The van der Waals surface area contributed by atoms with Gasteiger partial charge in [-0.25, -0.2) is 0 Å². The van der Waals surface area contributed by atoms with Gasteiger partial charge in [0, 0.05) is 5.56 Å². The van der Waals surface area contributed by atoms with Gasteiger partial charge in [0.25, 0.3) is 0 Å². The third-order valence-electron chi connectivity index (χ3n) is 2.01. The molecule has 0 fully saturated rings. The van der Waals surface area contributed by atoms with Crippen molar-refractivity contribution >= 4 is 11.6 Å². The van der Waals surface area contributed by atoms with Crippen molar-refractivity contribution < 1.29 is 9.52 Å². The van der Waals surface area contributed by atoms with Crippen LogP contribution in [-0.4, -0.2) is 11.7 Å². The van der Waals surface area contributed by atoms with Crippen molar-refractivity contribution in [2.24, 2.45) is 5.73 Å². The zero-order valence-electron chi connectivity index (χ0n) is 7.80. The van der Waals surface area contributed by atoms with Crippen molar-refractivity contribution in [3.63, 3.8) is 0 Å². The number of hydrogen-bond acceptors (Lipinski definition) is 3. The highest BCUT2D eigenvalue weighted by molar-refractivity contribution is 6.32. The average molecular weight is 204 g/mol. The molecule has 3 N–H and O–H groups in total. The zero-order valence-corrected chi connectivity index (χ0v) is 8.56. The summed E-state index contributed by atoms with van der Waals surface area (Å²) in [7, 11) is 0. The fraction of sp³-hybridized carbons (Fsp3) is 0.556. The Balaban J connectivity index is 2.94. The minimum Gasteiger partial charge on any atom is -0.462 e. The molecule has 0 radical (unpaired) electrons. The molecule has 0 bridgehead atoms. The highest BCUT2D eigenvalue weighted by Gasteiger charge is 2.18. The van der Waals surface area contributed by atoms with Gasteiger partial charge in [0.05, 0.1) is 5.02 Å². The smallest absolute Gasteiger partial charge is 0.137 e. The molecule has 0 saturated carbocycles. The van der Waals surface area contributed by atoms with Gasteiger partial charge in [0.2, 0.25) is 0 Å². The Morgan fingerprint density at radius 3 is 2.54 bits per heavy atom. The summed E-state index contributed by atoms with van der Waals surface area (Å²) in [6, 6.07) is 0. The van der Waals surface area contributed by atoms with E-state index in [0.717, 1.165) is 5.56 Å². The Hall–Kier alpha value is -0.510. The Morgan fingerprint density at radius 2 is 2.15 bits per heavy atom. The summed E-state index contributed by atoms with van der Waals surface area (Å²) in [5.74, 6) is 1.18. The molecule has 0 amide bonds. The van der Waals surface area contributed by atoms with Gasteiger partial charge in [0.1, 0.15) is 17.6 Å². The summed E-state index contributed by atoms with van der Waals surface area (Å²) in [6.07, 6.45) is -0.152. The molecule has 3 nitrogen and oxygen atoms in total. The number of hydrogen-bond donors (Lipinski definition) is 2. The SMILES string of the molecule is Cc1oc(C(O)CCN)c(C)c1Cl. The second-order valence-electron chi connectivity index (χ2n) is 3.05. The minimum absolute atomic E-state index is 0.429. The van der Waals surface area contributed by atoms with Crippen LogP contribution >= 0.6 is 11.6 Å². The van der Waals surface area contributed by atoms with E-state index in [9.17, 15) is 5.11 Å². The molecular weight excluding hydrogens is 190 g/mol. The first-order chi connectivity index (χ1) is 6.07. The lowest BCUT2D eigenvalue weighted by Crippen LogP contribution is -2.06. The molecule has 74 valence electrons. The molecule has 0 aromatic carbocycles. The Morgan fingerprint density at radius 1 is 1.54 bits per heavy atom. The second kappa shape index (κ2) is 4.13. The second-order valence-corrected chi connectivity index (χ2v) is 3.43. The van der Waals surface area contributed by atoms with E-state index in [4.69, 9.17) is 21.8 Å². The standard InChI is InChI=1S/C9H14ClNO2/c1-5-8(10)6(2)13-9(5)7(12)3-4-11/h7,12H,3-4,11H2,1-2H3. The predicted molar refractivity (Wildman–Crippen MR) is 51.8 cm³/mol. The average Bonchev–Trinajstić information content (AvgIpc) is 2.33. The van der Waals surface area contributed by atoms with Crippen LogP contribution in [0.3, 0.4) is 0 Å². The molecule has 4 heteroatoms. The lowest BCUT2D eigenvalue weighted by Gasteiger charge is -2.06. The fourth-order valence-corrected chi connectivity index (χ4v) is 1.40. The van der Waals surface area contributed by atoms with E-state index in [0.29, 0.717) is 29.5 Å². The van der Waals surface area contributed by atoms with Gasteiger partial charge >= 0.3 is 0 Å². The summed E-state index contributed by atoms with van der Waals surface area (Å²) in [4.78, 5) is 0. The van der Waals surface area contributed by atoms with Crippen LogP contribution in [0.1, 0.15) is 29.6 Å². The van der Waals surface area contributed by atoms with Crippen LogP contribution in [0.2, 0.25) is 5.02 Å². The van der Waals surface area contributed by atoms with Crippen molar-refractivity contribution in [1.29, 1.82) is 0 Å². The number of halogens is 1. The molecule has 0 saturated heterocycles. The summed E-state index contributed by atoms with van der Waals surface area (Å²) in [5, 5.41) is 10.2. The lowest BCUT2D eigenvalue weighted by molar-refractivity contribution is 0.140. The van der Waals surface area contributed by atoms with Crippen molar-refractivity contribution in [2.45, 2.75) is 26.4 Å². The van der Waals surface area contributed by atoms with Crippen LogP contribution in [0.25, 0.3) is 0 Å². The molecule has 1 heterocycles. The number of rotatable bonds is 3. The predicted octanol–water partition coefficient (Wildman–Crippen LogP) is 1.93. The molecule has 1 aromatic heterocycles. The number of furan rings is 1. The van der Waals surface area contributed by atoms with E-state index >= 15 is 0 Å². The van der Waals surface area contributed by atoms with E-state index in [1.165, 1.54) is 0 Å². The van der Waals surface area contributed by atoms with Crippen molar-refractivity contribution in [3.8, 4) is 0 Å². The summed E-state index contributed by atoms with van der Waals surface area (Å²) >= 11 is 5.91. The van der Waals surface area contributed by atoms with Crippen LogP contribution < -0.4 is 5.73 Å². The van der Waals surface area contributed by atoms with E-state index in [2.05, 4.69) is 0 Å². The Labute approximate surface area is 82.5 Å². The molecule has 1 rings (SSSR count). The van der Waals surface area contributed by atoms with E-state index in [1.54, 1.807) is 6.92 Å². The molecule has 0 aliphatic carbocycles. The number of aryl methyl sites for hydroxylation is 1. The van der Waals surface area contributed by atoms with Crippen molar-refractivity contribution in [3.05, 3.63) is 22.1 Å². The maximum absolute atomic E-state index is 9.61. The fourth-order valence-electron chi connectivity index (χ4n) is 1.27. The van der Waals surface area contributed by atoms with E-state index in [-0.39, 0.29) is 0 Å². The van der Waals surface area contributed by atoms with Crippen LogP contribution in [-0.2, 0) is 0 Å². The summed E-state index contributed by atoms with van der Waals surface area (Å²) < 4.78 is 5.32. The number of aliphatic hydroxyl groups is 1. The van der Waals surface area contributed by atoms with Gasteiger partial charge in [-0.1, -0.05) is 11.6 Å². The Kier molecular flexibility index (Phi) is 3.36. The highest BCUT2D eigenvalue weighted by atomic mass is 35.5. The molecule has 0 aliphatic heterocycles. The first-order valence-corrected chi connectivity index (χ1v) is 4.59. The zero-order chi connectivity index (χ0) is 10.0. The highest BCUT2D eigenvalue weighted by Crippen LogP contribution is 2.31. The first-order valence-electron chi connectivity index (χ1n) is 4.21. The van der Waals surface area contributed by atoms with Crippen LogP contribution in [0.15, 0.2) is 4.42 Å². The maximum Gasteiger partial charge on any atom is 0.137 e. The number of nitrogens with two attached hydrogens (primary N) is 1. The van der Waals surface area contributed by atoms with Crippen molar-refractivity contribution in [1.82, 2.24) is 0 Å². The first kappa shape index (κ1) is 10.6. The largest absolute Gasteiger partial charge is 0.462 e. The van der Waals surface area contributed by atoms with E-state index in [1.807, 2.05) is 6.92 Å². The lowest BCUT2D eigenvalue weighted by atomic mass is 10.1. The molecule has 0 spiro atoms. The van der Waals surface area contributed by atoms with Gasteiger partial charge in [-0.05, 0) is 26.8 Å². The van der Waals surface area contributed by atoms with Crippen LogP contribution in [0, 0.1) is 13.8 Å². The quantitative estimate of drug-likeness (QED) is 0.789. The van der Waals surface area contributed by atoms with Gasteiger partial charge in [-0.2, -0.15) is 0 Å². The monoisotopic (exact) mass is 203 g/mol.